The topological polar surface area (TPSA) is 103 Å². The summed E-state index contributed by atoms with van der Waals surface area (Å²) in [6.45, 7) is 0. The van der Waals surface area contributed by atoms with E-state index >= 15 is 0 Å². The van der Waals surface area contributed by atoms with Crippen molar-refractivity contribution in [3.63, 3.8) is 0 Å². The second-order valence-electron chi connectivity index (χ2n) is 4.18. The first-order valence-electron chi connectivity index (χ1n) is 5.74. The molecule has 0 radical (unpaired) electrons. The van der Waals surface area contributed by atoms with E-state index in [2.05, 4.69) is 31.9 Å². The number of nitro benzene ring substituents is 2. The second kappa shape index (κ2) is 6.32. The van der Waals surface area contributed by atoms with Crippen molar-refractivity contribution in [2.24, 2.45) is 0 Å². The number of carbonyl (C=O) groups excluding carboxylic acids is 1. The van der Waals surface area contributed by atoms with Gasteiger partial charge in [-0.1, -0.05) is 0 Å². The molecule has 0 unspecified atom stereocenters. The molecule has 0 aliphatic heterocycles. The van der Waals surface area contributed by atoms with Crippen molar-refractivity contribution in [3.8, 4) is 0 Å². The molecule has 0 N–H and O–H groups in total. The van der Waals surface area contributed by atoms with Gasteiger partial charge in [0.05, 0.1) is 18.8 Å². The first-order chi connectivity index (χ1) is 10.3. The van der Waals surface area contributed by atoms with Gasteiger partial charge in [-0.15, -0.1) is 0 Å². The highest BCUT2D eigenvalue weighted by Crippen LogP contribution is 2.29. The maximum absolute atomic E-state index is 12.3. The van der Waals surface area contributed by atoms with Crippen LogP contribution in [0.15, 0.2) is 45.3 Å². The van der Waals surface area contributed by atoms with E-state index in [0.717, 1.165) is 12.1 Å². The Morgan fingerprint density at radius 1 is 0.818 bits per heavy atom. The van der Waals surface area contributed by atoms with Crippen LogP contribution in [0.2, 0.25) is 0 Å². The fourth-order valence-electron chi connectivity index (χ4n) is 1.75. The highest BCUT2D eigenvalue weighted by molar-refractivity contribution is 9.11. The van der Waals surface area contributed by atoms with Crippen LogP contribution in [0.4, 0.5) is 11.4 Å². The van der Waals surface area contributed by atoms with E-state index in [-0.39, 0.29) is 31.4 Å². The molecule has 0 fully saturated rings. The Hall–Kier alpha value is -2.13. The van der Waals surface area contributed by atoms with Gasteiger partial charge in [0.2, 0.25) is 0 Å². The summed E-state index contributed by atoms with van der Waals surface area (Å²) in [5.41, 5.74) is -0.354. The highest BCUT2D eigenvalue weighted by Gasteiger charge is 2.20. The van der Waals surface area contributed by atoms with E-state index in [4.69, 9.17) is 0 Å². The van der Waals surface area contributed by atoms with Gasteiger partial charge >= 0.3 is 0 Å². The molecular formula is C13H6Br2N2O5. The monoisotopic (exact) mass is 428 g/mol. The summed E-state index contributed by atoms with van der Waals surface area (Å²) in [6, 6.07) is 7.85. The van der Waals surface area contributed by atoms with Crippen molar-refractivity contribution in [1.29, 1.82) is 0 Å². The summed E-state index contributed by atoms with van der Waals surface area (Å²) in [4.78, 5) is 32.9. The number of nitro groups is 2. The van der Waals surface area contributed by atoms with Crippen molar-refractivity contribution in [2.45, 2.75) is 0 Å². The van der Waals surface area contributed by atoms with Crippen molar-refractivity contribution in [1.82, 2.24) is 0 Å². The first-order valence-corrected chi connectivity index (χ1v) is 7.32. The van der Waals surface area contributed by atoms with Gasteiger partial charge < -0.3 is 0 Å². The third-order valence-corrected chi connectivity index (χ3v) is 4.15. The molecule has 22 heavy (non-hydrogen) atoms. The average Bonchev–Trinajstić information content (AvgIpc) is 2.47. The smallest absolute Gasteiger partial charge is 0.284 e. The maximum Gasteiger partial charge on any atom is 0.284 e. The number of hydrogen-bond acceptors (Lipinski definition) is 5. The first kappa shape index (κ1) is 16.2. The van der Waals surface area contributed by atoms with Crippen LogP contribution in [-0.4, -0.2) is 15.6 Å². The van der Waals surface area contributed by atoms with Crippen LogP contribution >= 0.6 is 31.9 Å². The van der Waals surface area contributed by atoms with Crippen LogP contribution in [0.5, 0.6) is 0 Å². The number of rotatable bonds is 4. The van der Waals surface area contributed by atoms with E-state index in [9.17, 15) is 25.0 Å². The Morgan fingerprint density at radius 3 is 1.50 bits per heavy atom. The molecule has 0 aliphatic rings. The second-order valence-corrected chi connectivity index (χ2v) is 5.88. The van der Waals surface area contributed by atoms with Gasteiger partial charge in [0.25, 0.3) is 11.4 Å². The van der Waals surface area contributed by atoms with Crippen LogP contribution in [0, 0.1) is 20.2 Å². The third kappa shape index (κ3) is 3.20. The number of hydrogen-bond donors (Lipinski definition) is 0. The lowest BCUT2D eigenvalue weighted by Crippen LogP contribution is -2.03. The van der Waals surface area contributed by atoms with Crippen LogP contribution in [0.25, 0.3) is 0 Å². The van der Waals surface area contributed by atoms with Gasteiger partial charge in [-0.05, 0) is 56.1 Å². The quantitative estimate of drug-likeness (QED) is 0.410. The molecule has 0 saturated carbocycles. The van der Waals surface area contributed by atoms with E-state index in [0.29, 0.717) is 0 Å². The molecule has 0 atom stereocenters. The third-order valence-electron chi connectivity index (χ3n) is 2.81. The molecule has 112 valence electrons. The Bertz CT molecular complexity index is 742. The molecule has 9 heteroatoms. The molecule has 0 heterocycles. The summed E-state index contributed by atoms with van der Waals surface area (Å²) in [7, 11) is 0. The maximum atomic E-state index is 12.3. The lowest BCUT2D eigenvalue weighted by Gasteiger charge is -2.03. The Morgan fingerprint density at radius 2 is 1.18 bits per heavy atom. The fourth-order valence-corrected chi connectivity index (χ4v) is 2.54. The standard InChI is InChI=1S/C13H6Br2N2O5/c14-9-3-1-7(5-11(9)16(19)20)13(18)8-2-4-10(15)12(6-8)17(21)22/h1-6H. The van der Waals surface area contributed by atoms with Gasteiger partial charge in [0.1, 0.15) is 0 Å². The van der Waals surface area contributed by atoms with Gasteiger partial charge in [-0.25, -0.2) is 0 Å². The summed E-state index contributed by atoms with van der Waals surface area (Å²) in [6.07, 6.45) is 0. The van der Waals surface area contributed by atoms with Crippen LogP contribution in [0.3, 0.4) is 0 Å². The van der Waals surface area contributed by atoms with Crippen LogP contribution < -0.4 is 0 Å². The predicted octanol–water partition coefficient (Wildman–Crippen LogP) is 4.26. The van der Waals surface area contributed by atoms with E-state index in [1.54, 1.807) is 0 Å². The molecule has 0 spiro atoms. The molecular weight excluding hydrogens is 424 g/mol. The number of carbonyl (C=O) groups is 1. The molecule has 2 aromatic carbocycles. The normalized spacial score (nSPS) is 10.3. The Labute approximate surface area is 140 Å². The predicted molar refractivity (Wildman–Crippen MR) is 85.0 cm³/mol. The molecule has 2 aromatic rings. The van der Waals surface area contributed by atoms with Crippen molar-refractivity contribution in [2.75, 3.05) is 0 Å². The van der Waals surface area contributed by atoms with E-state index < -0.39 is 15.6 Å². The minimum atomic E-state index is -0.620. The lowest BCUT2D eigenvalue weighted by atomic mass is 10.0. The number of ketones is 1. The SMILES string of the molecule is O=C(c1ccc(Br)c([N+](=O)[O-])c1)c1ccc(Br)c([N+](=O)[O-])c1. The molecule has 2 rings (SSSR count). The highest BCUT2D eigenvalue weighted by atomic mass is 79.9. The van der Waals surface area contributed by atoms with Gasteiger partial charge in [0.15, 0.2) is 5.78 Å². The molecule has 0 saturated heterocycles. The number of nitrogens with zero attached hydrogens (tertiary/aromatic N) is 2. The summed E-state index contributed by atoms with van der Waals surface area (Å²) in [5.74, 6) is -0.536. The Balaban J connectivity index is 2.49. The summed E-state index contributed by atoms with van der Waals surface area (Å²) in [5, 5.41) is 21.8. The zero-order valence-corrected chi connectivity index (χ0v) is 13.8. The van der Waals surface area contributed by atoms with E-state index in [1.807, 2.05) is 0 Å². The lowest BCUT2D eigenvalue weighted by molar-refractivity contribution is -0.385. The molecule has 0 aliphatic carbocycles. The van der Waals surface area contributed by atoms with Crippen molar-refractivity contribution >= 4 is 49.0 Å². The summed E-state index contributed by atoms with van der Waals surface area (Å²) < 4.78 is 0.492. The molecule has 0 aromatic heterocycles. The largest absolute Gasteiger partial charge is 0.289 e. The molecule has 7 nitrogen and oxygen atoms in total. The Kier molecular flexibility index (Phi) is 4.67. The van der Waals surface area contributed by atoms with Crippen LogP contribution in [-0.2, 0) is 0 Å². The van der Waals surface area contributed by atoms with Gasteiger partial charge in [-0.3, -0.25) is 25.0 Å². The zero-order valence-electron chi connectivity index (χ0n) is 10.7. The number of benzene rings is 2. The molecule has 0 amide bonds. The summed E-state index contributed by atoms with van der Waals surface area (Å²) >= 11 is 6.06. The van der Waals surface area contributed by atoms with Crippen molar-refractivity contribution < 1.29 is 14.6 Å². The minimum Gasteiger partial charge on any atom is -0.289 e. The van der Waals surface area contributed by atoms with Crippen LogP contribution in [0.1, 0.15) is 15.9 Å². The zero-order chi connectivity index (χ0) is 16.4. The van der Waals surface area contributed by atoms with Gasteiger partial charge in [0, 0.05) is 23.3 Å². The van der Waals surface area contributed by atoms with E-state index in [1.165, 1.54) is 24.3 Å². The number of halogens is 2. The fraction of sp³-hybridized carbons (Fsp3) is 0. The molecule has 0 bridgehead atoms. The van der Waals surface area contributed by atoms with Crippen molar-refractivity contribution in [3.05, 3.63) is 76.7 Å². The minimum absolute atomic E-state index is 0.0755. The average molecular weight is 430 g/mol. The van der Waals surface area contributed by atoms with Gasteiger partial charge in [-0.2, -0.15) is 0 Å².